The van der Waals surface area contributed by atoms with Crippen molar-refractivity contribution in [3.8, 4) is 0 Å². The van der Waals surface area contributed by atoms with Crippen molar-refractivity contribution < 1.29 is 9.50 Å². The van der Waals surface area contributed by atoms with Gasteiger partial charge in [-0.3, -0.25) is 0 Å². The summed E-state index contributed by atoms with van der Waals surface area (Å²) in [5, 5.41) is 12.4. The van der Waals surface area contributed by atoms with Crippen molar-refractivity contribution in [2.45, 2.75) is 6.10 Å². The predicted octanol–water partition coefficient (Wildman–Crippen LogP) is 4.38. The van der Waals surface area contributed by atoms with Gasteiger partial charge in [0.25, 0.3) is 0 Å². The Morgan fingerprint density at radius 2 is 2.12 bits per heavy atom. The third-order valence-corrected chi connectivity index (χ3v) is 4.25. The molecule has 1 nitrogen and oxygen atoms in total. The lowest BCUT2D eigenvalue weighted by Gasteiger charge is -2.11. The normalized spacial score (nSPS) is 12.8. The van der Waals surface area contributed by atoms with Crippen LogP contribution in [0.4, 0.5) is 4.39 Å². The first-order valence-corrected chi connectivity index (χ1v) is 6.50. The number of aliphatic hydroxyl groups excluding tert-OH is 1. The molecule has 0 aliphatic heterocycles. The van der Waals surface area contributed by atoms with Gasteiger partial charge in [-0.15, -0.1) is 11.3 Å². The highest BCUT2D eigenvalue weighted by molar-refractivity contribution is 9.10. The second kappa shape index (κ2) is 4.84. The van der Waals surface area contributed by atoms with Crippen LogP contribution in [0.25, 0.3) is 0 Å². The van der Waals surface area contributed by atoms with E-state index in [-0.39, 0.29) is 5.82 Å². The molecule has 0 fully saturated rings. The average Bonchev–Trinajstić information content (AvgIpc) is 2.63. The highest BCUT2D eigenvalue weighted by atomic mass is 79.9. The Hall–Kier alpha value is -0.420. The predicted molar refractivity (Wildman–Crippen MR) is 67.5 cm³/mol. The summed E-state index contributed by atoms with van der Waals surface area (Å²) in [7, 11) is 0. The van der Waals surface area contributed by atoms with Gasteiger partial charge in [0.15, 0.2) is 0 Å². The summed E-state index contributed by atoms with van der Waals surface area (Å²) in [5.41, 5.74) is 0.603. The number of hydrogen-bond acceptors (Lipinski definition) is 2. The number of aliphatic hydroxyl groups is 1. The quantitative estimate of drug-likeness (QED) is 0.870. The molecular weight excluding hydrogens is 315 g/mol. The van der Waals surface area contributed by atoms with Gasteiger partial charge in [0, 0.05) is 10.0 Å². The molecule has 2 rings (SSSR count). The van der Waals surface area contributed by atoms with E-state index in [0.29, 0.717) is 19.9 Å². The van der Waals surface area contributed by atoms with Crippen molar-refractivity contribution in [3.63, 3.8) is 0 Å². The second-order valence-corrected chi connectivity index (χ2v) is 5.41. The lowest BCUT2D eigenvalue weighted by atomic mass is 10.1. The maximum absolute atomic E-state index is 12.9. The van der Waals surface area contributed by atoms with E-state index in [0.717, 1.165) is 0 Å². The van der Waals surface area contributed by atoms with E-state index in [9.17, 15) is 9.50 Å². The summed E-state index contributed by atoms with van der Waals surface area (Å²) < 4.78 is 13.4. The van der Waals surface area contributed by atoms with E-state index in [1.165, 1.54) is 23.5 Å². The van der Waals surface area contributed by atoms with Crippen LogP contribution in [0.1, 0.15) is 16.5 Å². The van der Waals surface area contributed by atoms with E-state index in [1.807, 2.05) is 0 Å². The Kier molecular flexibility index (Phi) is 3.64. The molecule has 1 heterocycles. The van der Waals surface area contributed by atoms with Crippen LogP contribution in [0.3, 0.4) is 0 Å². The maximum Gasteiger partial charge on any atom is 0.124 e. The van der Waals surface area contributed by atoms with E-state index in [4.69, 9.17) is 11.6 Å². The van der Waals surface area contributed by atoms with Crippen molar-refractivity contribution in [3.05, 3.63) is 55.4 Å². The van der Waals surface area contributed by atoms with E-state index in [1.54, 1.807) is 17.5 Å². The van der Waals surface area contributed by atoms with Crippen molar-refractivity contribution in [2.75, 3.05) is 0 Å². The zero-order chi connectivity index (χ0) is 11.7. The van der Waals surface area contributed by atoms with Gasteiger partial charge in [0.05, 0.1) is 9.90 Å². The fourth-order valence-corrected chi connectivity index (χ4v) is 3.09. The molecule has 2 aromatic rings. The lowest BCUT2D eigenvalue weighted by Crippen LogP contribution is -1.99. The molecular formula is C11H7BrClFOS. The lowest BCUT2D eigenvalue weighted by molar-refractivity contribution is 0.223. The molecule has 0 saturated heterocycles. The zero-order valence-electron chi connectivity index (χ0n) is 7.95. The SMILES string of the molecule is OC(c1ccc(F)cc1Br)c1sccc1Cl. The number of halogens is 3. The van der Waals surface area contributed by atoms with Crippen LogP contribution < -0.4 is 0 Å². The van der Waals surface area contributed by atoms with Crippen molar-refractivity contribution in [2.24, 2.45) is 0 Å². The first-order valence-electron chi connectivity index (χ1n) is 4.45. The minimum atomic E-state index is -0.831. The Labute approximate surface area is 110 Å². The number of benzene rings is 1. The third-order valence-electron chi connectivity index (χ3n) is 2.15. The number of thiophene rings is 1. The van der Waals surface area contributed by atoms with Crippen molar-refractivity contribution in [1.82, 2.24) is 0 Å². The summed E-state index contributed by atoms with van der Waals surface area (Å²) in [6.07, 6.45) is -0.831. The molecule has 0 bridgehead atoms. The van der Waals surface area contributed by atoms with Crippen LogP contribution in [0, 0.1) is 5.82 Å². The summed E-state index contributed by atoms with van der Waals surface area (Å²) in [5.74, 6) is -0.347. The molecule has 1 aromatic carbocycles. The summed E-state index contributed by atoms with van der Waals surface area (Å²) in [6, 6.07) is 5.90. The molecule has 0 aliphatic carbocycles. The zero-order valence-corrected chi connectivity index (χ0v) is 11.1. The summed E-state index contributed by atoms with van der Waals surface area (Å²) >= 11 is 10.5. The third kappa shape index (κ3) is 2.30. The average molecular weight is 322 g/mol. The molecule has 0 spiro atoms. The van der Waals surface area contributed by atoms with Crippen molar-refractivity contribution in [1.29, 1.82) is 0 Å². The van der Waals surface area contributed by atoms with Crippen LogP contribution >= 0.6 is 38.9 Å². The number of rotatable bonds is 2. The molecule has 1 atom stereocenters. The van der Waals surface area contributed by atoms with E-state index in [2.05, 4.69) is 15.9 Å². The monoisotopic (exact) mass is 320 g/mol. The molecule has 1 N–H and O–H groups in total. The minimum Gasteiger partial charge on any atom is -0.383 e. The van der Waals surface area contributed by atoms with Gasteiger partial charge in [-0.2, -0.15) is 0 Å². The molecule has 84 valence electrons. The van der Waals surface area contributed by atoms with Gasteiger partial charge in [0.1, 0.15) is 11.9 Å². The molecule has 1 unspecified atom stereocenters. The molecule has 5 heteroatoms. The van der Waals surface area contributed by atoms with E-state index >= 15 is 0 Å². The fraction of sp³-hybridized carbons (Fsp3) is 0.0909. The maximum atomic E-state index is 12.9. The Morgan fingerprint density at radius 3 is 2.69 bits per heavy atom. The summed E-state index contributed by atoms with van der Waals surface area (Å²) in [6.45, 7) is 0. The van der Waals surface area contributed by atoms with Crippen molar-refractivity contribution >= 4 is 38.9 Å². The first kappa shape index (κ1) is 12.0. The topological polar surface area (TPSA) is 20.2 Å². The van der Waals surface area contributed by atoms with Gasteiger partial charge < -0.3 is 5.11 Å². The molecule has 0 saturated carbocycles. The van der Waals surface area contributed by atoms with Gasteiger partial charge >= 0.3 is 0 Å². The standard InChI is InChI=1S/C11H7BrClFOS/c12-8-5-6(14)1-2-7(8)10(15)11-9(13)3-4-16-11/h1-5,10,15H. The van der Waals surface area contributed by atoms with Gasteiger partial charge in [-0.1, -0.05) is 33.6 Å². The van der Waals surface area contributed by atoms with Crippen LogP contribution in [-0.2, 0) is 0 Å². The smallest absolute Gasteiger partial charge is 0.124 e. The molecule has 16 heavy (non-hydrogen) atoms. The second-order valence-electron chi connectivity index (χ2n) is 3.20. The Morgan fingerprint density at radius 1 is 1.38 bits per heavy atom. The fourth-order valence-electron chi connectivity index (χ4n) is 1.37. The Bertz CT molecular complexity index is 514. The largest absolute Gasteiger partial charge is 0.383 e. The molecule has 0 aliphatic rings. The highest BCUT2D eigenvalue weighted by Gasteiger charge is 2.18. The first-order chi connectivity index (χ1) is 7.59. The summed E-state index contributed by atoms with van der Waals surface area (Å²) in [4.78, 5) is 0.661. The van der Waals surface area contributed by atoms with Crippen LogP contribution in [0.15, 0.2) is 34.1 Å². The van der Waals surface area contributed by atoms with Gasteiger partial charge in [-0.25, -0.2) is 4.39 Å². The molecule has 1 aromatic heterocycles. The molecule has 0 radical (unpaired) electrons. The minimum absolute atomic E-state index is 0.347. The van der Waals surface area contributed by atoms with Gasteiger partial charge in [-0.05, 0) is 23.6 Å². The number of hydrogen-bond donors (Lipinski definition) is 1. The highest BCUT2D eigenvalue weighted by Crippen LogP contribution is 2.35. The van der Waals surface area contributed by atoms with Crippen LogP contribution in [-0.4, -0.2) is 5.11 Å². The van der Waals surface area contributed by atoms with Crippen LogP contribution in [0.5, 0.6) is 0 Å². The van der Waals surface area contributed by atoms with Gasteiger partial charge in [0.2, 0.25) is 0 Å². The molecule has 0 amide bonds. The Balaban J connectivity index is 2.41. The van der Waals surface area contributed by atoms with Crippen LogP contribution in [0.2, 0.25) is 5.02 Å². The van der Waals surface area contributed by atoms with E-state index < -0.39 is 6.10 Å².